The van der Waals surface area contributed by atoms with E-state index in [1.54, 1.807) is 18.2 Å². The van der Waals surface area contributed by atoms with Gasteiger partial charge in [0, 0.05) is 17.8 Å². The molecule has 1 atom stereocenters. The third kappa shape index (κ3) is 3.12. The molecule has 100 valence electrons. The van der Waals surface area contributed by atoms with Crippen LogP contribution in [0.25, 0.3) is 0 Å². The van der Waals surface area contributed by atoms with Crippen molar-refractivity contribution < 1.29 is 9.50 Å². The van der Waals surface area contributed by atoms with Gasteiger partial charge in [0.1, 0.15) is 5.82 Å². The summed E-state index contributed by atoms with van der Waals surface area (Å²) >= 11 is 0. The first kappa shape index (κ1) is 13.6. The number of rotatable bonds is 4. The van der Waals surface area contributed by atoms with Crippen LogP contribution in [0.3, 0.4) is 0 Å². The average molecular weight is 259 g/mol. The minimum absolute atomic E-state index is 0.283. The van der Waals surface area contributed by atoms with E-state index in [0.29, 0.717) is 5.56 Å². The minimum atomic E-state index is -0.860. The predicted molar refractivity (Wildman–Crippen MR) is 75.8 cm³/mol. The lowest BCUT2D eigenvalue weighted by Crippen LogP contribution is -2.14. The highest BCUT2D eigenvalue weighted by Gasteiger charge is 2.12. The highest BCUT2D eigenvalue weighted by Crippen LogP contribution is 2.21. The van der Waals surface area contributed by atoms with Crippen LogP contribution in [0.1, 0.15) is 22.8 Å². The van der Waals surface area contributed by atoms with Crippen molar-refractivity contribution >= 4 is 5.69 Å². The van der Waals surface area contributed by atoms with Crippen molar-refractivity contribution in [3.05, 3.63) is 65.0 Å². The zero-order valence-electron chi connectivity index (χ0n) is 11.2. The first-order valence-electron chi connectivity index (χ1n) is 6.32. The Bertz CT molecular complexity index is 568. The van der Waals surface area contributed by atoms with Crippen molar-refractivity contribution in [2.75, 3.05) is 11.9 Å². The van der Waals surface area contributed by atoms with Crippen LogP contribution in [0, 0.1) is 19.7 Å². The largest absolute Gasteiger partial charge is 0.386 e. The molecule has 0 saturated carbocycles. The molecule has 0 spiro atoms. The van der Waals surface area contributed by atoms with Gasteiger partial charge >= 0.3 is 0 Å². The Hall–Kier alpha value is -1.87. The molecule has 1 unspecified atom stereocenters. The normalized spacial score (nSPS) is 12.2. The summed E-state index contributed by atoms with van der Waals surface area (Å²) in [7, 11) is 0. The molecule has 0 saturated heterocycles. The molecule has 2 aromatic carbocycles. The third-order valence-corrected chi connectivity index (χ3v) is 3.35. The summed E-state index contributed by atoms with van der Waals surface area (Å²) < 4.78 is 13.5. The lowest BCUT2D eigenvalue weighted by molar-refractivity contribution is 0.186. The zero-order valence-corrected chi connectivity index (χ0v) is 11.2. The predicted octanol–water partition coefficient (Wildman–Crippen LogP) is 3.59. The fraction of sp³-hybridized carbons (Fsp3) is 0.250. The monoisotopic (exact) mass is 259 g/mol. The number of aliphatic hydroxyl groups is 1. The van der Waals surface area contributed by atoms with Crippen molar-refractivity contribution in [1.82, 2.24) is 0 Å². The summed E-state index contributed by atoms with van der Waals surface area (Å²) in [5.74, 6) is -0.377. The molecule has 2 N–H and O–H groups in total. The molecule has 0 bridgehead atoms. The molecule has 2 rings (SSSR count). The van der Waals surface area contributed by atoms with Crippen LogP contribution in [-0.2, 0) is 0 Å². The Labute approximate surface area is 112 Å². The van der Waals surface area contributed by atoms with Crippen LogP contribution in [0.2, 0.25) is 0 Å². The van der Waals surface area contributed by atoms with Gasteiger partial charge in [-0.25, -0.2) is 4.39 Å². The molecule has 3 heteroatoms. The summed E-state index contributed by atoms with van der Waals surface area (Å²) in [5, 5.41) is 13.2. The molecule has 0 radical (unpaired) electrons. The maximum absolute atomic E-state index is 13.5. The van der Waals surface area contributed by atoms with E-state index >= 15 is 0 Å². The fourth-order valence-electron chi connectivity index (χ4n) is 2.00. The van der Waals surface area contributed by atoms with Gasteiger partial charge in [0.2, 0.25) is 0 Å². The SMILES string of the molecule is Cc1cccc(NCC(O)c2ccccc2F)c1C. The number of hydrogen-bond donors (Lipinski definition) is 2. The first-order valence-corrected chi connectivity index (χ1v) is 6.32. The van der Waals surface area contributed by atoms with E-state index in [1.165, 1.54) is 11.6 Å². The number of halogens is 1. The molecular weight excluding hydrogens is 241 g/mol. The Morgan fingerprint density at radius 3 is 2.58 bits per heavy atom. The molecule has 2 nitrogen and oxygen atoms in total. The topological polar surface area (TPSA) is 32.3 Å². The van der Waals surface area contributed by atoms with E-state index in [4.69, 9.17) is 0 Å². The molecule has 0 amide bonds. The maximum Gasteiger partial charge on any atom is 0.129 e. The van der Waals surface area contributed by atoms with Gasteiger partial charge in [0.15, 0.2) is 0 Å². The molecule has 2 aromatic rings. The second-order valence-corrected chi connectivity index (χ2v) is 4.67. The van der Waals surface area contributed by atoms with E-state index in [1.807, 2.05) is 32.0 Å². The molecule has 19 heavy (non-hydrogen) atoms. The van der Waals surface area contributed by atoms with Crippen LogP contribution < -0.4 is 5.32 Å². The van der Waals surface area contributed by atoms with Gasteiger partial charge in [0.05, 0.1) is 6.10 Å². The molecule has 0 fully saturated rings. The van der Waals surface area contributed by atoms with Gasteiger partial charge in [0.25, 0.3) is 0 Å². The second kappa shape index (κ2) is 5.85. The lowest BCUT2D eigenvalue weighted by atomic mass is 10.1. The van der Waals surface area contributed by atoms with E-state index in [0.717, 1.165) is 11.3 Å². The number of anilines is 1. The number of aliphatic hydroxyl groups excluding tert-OH is 1. The van der Waals surface area contributed by atoms with Crippen LogP contribution in [0.4, 0.5) is 10.1 Å². The Kier molecular flexibility index (Phi) is 4.17. The lowest BCUT2D eigenvalue weighted by Gasteiger charge is -2.16. The van der Waals surface area contributed by atoms with Crippen LogP contribution >= 0.6 is 0 Å². The van der Waals surface area contributed by atoms with Crippen molar-refractivity contribution in [1.29, 1.82) is 0 Å². The van der Waals surface area contributed by atoms with E-state index in [2.05, 4.69) is 5.32 Å². The van der Waals surface area contributed by atoms with Gasteiger partial charge in [-0.2, -0.15) is 0 Å². The fourth-order valence-corrected chi connectivity index (χ4v) is 2.00. The van der Waals surface area contributed by atoms with Gasteiger partial charge in [-0.05, 0) is 37.1 Å². The van der Waals surface area contributed by atoms with Gasteiger partial charge in [-0.1, -0.05) is 30.3 Å². The van der Waals surface area contributed by atoms with E-state index in [9.17, 15) is 9.50 Å². The van der Waals surface area contributed by atoms with Crippen LogP contribution in [0.5, 0.6) is 0 Å². The summed E-state index contributed by atoms with van der Waals surface area (Å²) in [6, 6.07) is 12.2. The summed E-state index contributed by atoms with van der Waals surface area (Å²) in [6.45, 7) is 4.34. The van der Waals surface area contributed by atoms with Crippen molar-refractivity contribution in [3.8, 4) is 0 Å². The van der Waals surface area contributed by atoms with Crippen molar-refractivity contribution in [2.24, 2.45) is 0 Å². The Balaban J connectivity index is 2.07. The molecule has 0 aliphatic carbocycles. The third-order valence-electron chi connectivity index (χ3n) is 3.35. The highest BCUT2D eigenvalue weighted by molar-refractivity contribution is 5.53. The van der Waals surface area contributed by atoms with Gasteiger partial charge in [-0.15, -0.1) is 0 Å². The number of nitrogens with one attached hydrogen (secondary N) is 1. The van der Waals surface area contributed by atoms with Crippen LogP contribution in [-0.4, -0.2) is 11.7 Å². The van der Waals surface area contributed by atoms with Gasteiger partial charge < -0.3 is 10.4 Å². The highest BCUT2D eigenvalue weighted by atomic mass is 19.1. The number of benzene rings is 2. The van der Waals surface area contributed by atoms with Gasteiger partial charge in [-0.3, -0.25) is 0 Å². The Morgan fingerprint density at radius 1 is 1.11 bits per heavy atom. The molecule has 0 aliphatic heterocycles. The average Bonchev–Trinajstić information content (AvgIpc) is 2.40. The number of hydrogen-bond acceptors (Lipinski definition) is 2. The molecule has 0 aromatic heterocycles. The zero-order chi connectivity index (χ0) is 13.8. The second-order valence-electron chi connectivity index (χ2n) is 4.67. The maximum atomic E-state index is 13.5. The standard InChI is InChI=1S/C16H18FNO/c1-11-6-5-9-15(12(11)2)18-10-16(19)13-7-3-4-8-14(13)17/h3-9,16,18-19H,10H2,1-2H3. The number of aryl methyl sites for hydroxylation is 1. The van der Waals surface area contributed by atoms with Crippen LogP contribution in [0.15, 0.2) is 42.5 Å². The van der Waals surface area contributed by atoms with E-state index < -0.39 is 6.10 Å². The van der Waals surface area contributed by atoms with Crippen molar-refractivity contribution in [2.45, 2.75) is 20.0 Å². The van der Waals surface area contributed by atoms with Crippen molar-refractivity contribution in [3.63, 3.8) is 0 Å². The smallest absolute Gasteiger partial charge is 0.129 e. The summed E-state index contributed by atoms with van der Waals surface area (Å²) in [6.07, 6.45) is -0.860. The summed E-state index contributed by atoms with van der Waals surface area (Å²) in [4.78, 5) is 0. The Morgan fingerprint density at radius 2 is 1.84 bits per heavy atom. The molecule has 0 heterocycles. The molecule has 0 aliphatic rings. The first-order chi connectivity index (χ1) is 9.09. The minimum Gasteiger partial charge on any atom is -0.386 e. The molecular formula is C16H18FNO. The van der Waals surface area contributed by atoms with E-state index in [-0.39, 0.29) is 12.4 Å². The summed E-state index contributed by atoms with van der Waals surface area (Å²) in [5.41, 5.74) is 3.62. The quantitative estimate of drug-likeness (QED) is 0.879.